The maximum atomic E-state index is 10.2. The van der Waals surface area contributed by atoms with Crippen LogP contribution in [0, 0.1) is 11.8 Å². The Morgan fingerprint density at radius 2 is 1.29 bits per heavy atom. The first kappa shape index (κ1) is 13.4. The number of nitrogens with zero attached hydrogens (tertiary/aromatic N) is 1. The third-order valence-corrected chi connectivity index (χ3v) is 5.62. The molecule has 4 heteroatoms. The van der Waals surface area contributed by atoms with E-state index in [1.165, 1.54) is 0 Å². The lowest BCUT2D eigenvalue weighted by atomic mass is 9.80. The summed E-state index contributed by atoms with van der Waals surface area (Å²) < 4.78 is 2.22. The second-order valence-corrected chi connectivity index (χ2v) is 6.90. The third kappa shape index (κ3) is 1.84. The van der Waals surface area contributed by atoms with Gasteiger partial charge in [-0.3, -0.25) is 0 Å². The highest BCUT2D eigenvalue weighted by atomic mass is 127. The molecule has 0 bridgehead atoms. The fourth-order valence-electron chi connectivity index (χ4n) is 2.63. The van der Waals surface area contributed by atoms with Gasteiger partial charge in [0.25, 0.3) is 0 Å². The summed E-state index contributed by atoms with van der Waals surface area (Å²) in [7, 11) is 0. The zero-order valence-corrected chi connectivity index (χ0v) is 13.5. The van der Waals surface area contributed by atoms with E-state index in [4.69, 9.17) is 0 Å². The van der Waals surface area contributed by atoms with E-state index in [9.17, 15) is 5.21 Å². The van der Waals surface area contributed by atoms with Crippen molar-refractivity contribution in [2.75, 3.05) is 8.86 Å². The molecule has 2 atom stereocenters. The molecule has 0 aliphatic carbocycles. The lowest BCUT2D eigenvalue weighted by Gasteiger charge is -2.36. The minimum absolute atomic E-state index is 0.0967. The molecule has 0 radical (unpaired) electrons. The Labute approximate surface area is 114 Å². The van der Waals surface area contributed by atoms with Gasteiger partial charge in [0, 0.05) is 19.9 Å². The van der Waals surface area contributed by atoms with Crippen molar-refractivity contribution in [2.45, 2.75) is 38.8 Å². The molecule has 84 valence electrons. The van der Waals surface area contributed by atoms with Crippen molar-refractivity contribution < 1.29 is 5.21 Å². The van der Waals surface area contributed by atoms with E-state index in [1.54, 1.807) is 5.06 Å². The van der Waals surface area contributed by atoms with Gasteiger partial charge < -0.3 is 5.21 Å². The number of rotatable bonds is 2. The fraction of sp³-hybridized carbons (Fsp3) is 1.00. The van der Waals surface area contributed by atoms with Crippen LogP contribution in [-0.4, -0.2) is 30.2 Å². The number of hydroxylamine groups is 2. The van der Waals surface area contributed by atoms with E-state index in [1.807, 2.05) is 0 Å². The molecule has 2 nitrogen and oxygen atoms in total. The summed E-state index contributed by atoms with van der Waals surface area (Å²) in [6.45, 7) is 8.57. The van der Waals surface area contributed by atoms with Gasteiger partial charge in [-0.2, -0.15) is 5.06 Å². The molecule has 0 unspecified atom stereocenters. The molecule has 1 saturated heterocycles. The van der Waals surface area contributed by atoms with Crippen molar-refractivity contribution >= 4 is 45.2 Å². The molecule has 0 aromatic heterocycles. The maximum absolute atomic E-state index is 10.2. The Kier molecular flexibility index (Phi) is 4.16. The largest absolute Gasteiger partial charge is 0.313 e. The molecule has 1 heterocycles. The minimum Gasteiger partial charge on any atom is -0.313 e. The Morgan fingerprint density at radius 1 is 1.00 bits per heavy atom. The van der Waals surface area contributed by atoms with Crippen molar-refractivity contribution in [1.82, 2.24) is 5.06 Å². The van der Waals surface area contributed by atoms with Crippen LogP contribution in [0.15, 0.2) is 0 Å². The van der Waals surface area contributed by atoms with Crippen LogP contribution in [0.1, 0.15) is 27.7 Å². The Morgan fingerprint density at radius 3 is 1.50 bits per heavy atom. The number of hydrogen-bond donors (Lipinski definition) is 1. The van der Waals surface area contributed by atoms with Gasteiger partial charge in [0.2, 0.25) is 0 Å². The van der Waals surface area contributed by atoms with Gasteiger partial charge in [0.1, 0.15) is 0 Å². The second-order valence-electron chi connectivity index (χ2n) is 5.14. The summed E-state index contributed by atoms with van der Waals surface area (Å²) in [5, 5.41) is 11.8. The average molecular weight is 423 g/mol. The van der Waals surface area contributed by atoms with Gasteiger partial charge in [-0.15, -0.1) is 0 Å². The predicted octanol–water partition coefficient (Wildman–Crippen LogP) is 3.35. The summed E-state index contributed by atoms with van der Waals surface area (Å²) >= 11 is 4.88. The van der Waals surface area contributed by atoms with Crippen LogP contribution >= 0.6 is 45.2 Å². The fourth-order valence-corrected chi connectivity index (χ4v) is 6.02. The van der Waals surface area contributed by atoms with Crippen LogP contribution in [0.3, 0.4) is 0 Å². The van der Waals surface area contributed by atoms with Gasteiger partial charge in [-0.1, -0.05) is 45.2 Å². The Hall–Kier alpha value is 1.38. The molecule has 1 fully saturated rings. The summed E-state index contributed by atoms with van der Waals surface area (Å²) in [4.78, 5) is 0. The molecular formula is C10H19I2NO. The highest BCUT2D eigenvalue weighted by Crippen LogP contribution is 2.49. The lowest BCUT2D eigenvalue weighted by molar-refractivity contribution is -0.198. The van der Waals surface area contributed by atoms with Crippen LogP contribution in [0.5, 0.6) is 0 Å². The van der Waals surface area contributed by atoms with E-state index in [-0.39, 0.29) is 11.1 Å². The summed E-state index contributed by atoms with van der Waals surface area (Å²) in [6.07, 6.45) is 0. The molecule has 0 aromatic rings. The first-order valence-electron chi connectivity index (χ1n) is 4.91. The van der Waals surface area contributed by atoms with Gasteiger partial charge in [0.05, 0.1) is 0 Å². The Balaban J connectivity index is 3.07. The molecule has 0 spiro atoms. The number of alkyl halides is 2. The highest BCUT2D eigenvalue weighted by Gasteiger charge is 2.56. The lowest BCUT2D eigenvalue weighted by Crippen LogP contribution is -2.48. The SMILES string of the molecule is CC1(C)[C@H](CI)[C@@H](CI)C(C)(C)N1O. The zero-order valence-electron chi connectivity index (χ0n) is 9.22. The Bertz CT molecular complexity index is 196. The van der Waals surface area contributed by atoms with E-state index < -0.39 is 0 Å². The smallest absolute Gasteiger partial charge is 0.0449 e. The van der Waals surface area contributed by atoms with Crippen molar-refractivity contribution in [2.24, 2.45) is 11.8 Å². The normalized spacial score (nSPS) is 36.2. The summed E-state index contributed by atoms with van der Waals surface area (Å²) in [5.74, 6) is 1.14. The average Bonchev–Trinajstić information content (AvgIpc) is 2.22. The first-order valence-corrected chi connectivity index (χ1v) is 7.96. The number of halogens is 2. The van der Waals surface area contributed by atoms with Crippen molar-refractivity contribution in [3.8, 4) is 0 Å². The molecule has 14 heavy (non-hydrogen) atoms. The molecular weight excluding hydrogens is 404 g/mol. The second kappa shape index (κ2) is 4.33. The molecule has 1 aliphatic heterocycles. The zero-order chi connectivity index (χ0) is 11.1. The predicted molar refractivity (Wildman–Crippen MR) is 76.5 cm³/mol. The van der Waals surface area contributed by atoms with Crippen LogP contribution in [0.2, 0.25) is 0 Å². The van der Waals surface area contributed by atoms with Crippen LogP contribution in [0.4, 0.5) is 0 Å². The van der Waals surface area contributed by atoms with E-state index in [2.05, 4.69) is 72.9 Å². The minimum atomic E-state index is -0.0967. The molecule has 1 N–H and O–H groups in total. The van der Waals surface area contributed by atoms with Crippen LogP contribution in [0.25, 0.3) is 0 Å². The van der Waals surface area contributed by atoms with Gasteiger partial charge >= 0.3 is 0 Å². The van der Waals surface area contributed by atoms with Crippen molar-refractivity contribution in [3.63, 3.8) is 0 Å². The van der Waals surface area contributed by atoms with Gasteiger partial charge in [0.15, 0.2) is 0 Å². The molecule has 0 saturated carbocycles. The summed E-state index contributed by atoms with van der Waals surface area (Å²) in [6, 6.07) is 0. The standard InChI is InChI=1S/C10H19I2NO/c1-9(2)7(5-11)8(6-12)10(3,4)13(9)14/h7-8,14H,5-6H2,1-4H3/t7-,8-/m1/s1. The van der Waals surface area contributed by atoms with Crippen LogP contribution in [-0.2, 0) is 0 Å². The van der Waals surface area contributed by atoms with Gasteiger partial charge in [-0.25, -0.2) is 0 Å². The molecule has 1 rings (SSSR count). The van der Waals surface area contributed by atoms with Crippen LogP contribution < -0.4 is 0 Å². The van der Waals surface area contributed by atoms with Crippen molar-refractivity contribution in [3.05, 3.63) is 0 Å². The van der Waals surface area contributed by atoms with E-state index in [0.29, 0.717) is 11.8 Å². The quantitative estimate of drug-likeness (QED) is 0.544. The van der Waals surface area contributed by atoms with Crippen molar-refractivity contribution in [1.29, 1.82) is 0 Å². The summed E-state index contributed by atoms with van der Waals surface area (Å²) in [5.41, 5.74) is -0.193. The first-order chi connectivity index (χ1) is 6.30. The monoisotopic (exact) mass is 423 g/mol. The maximum Gasteiger partial charge on any atom is 0.0449 e. The van der Waals surface area contributed by atoms with E-state index in [0.717, 1.165) is 8.86 Å². The van der Waals surface area contributed by atoms with E-state index >= 15 is 0 Å². The molecule has 1 aliphatic rings. The third-order valence-electron chi connectivity index (χ3n) is 3.72. The topological polar surface area (TPSA) is 23.5 Å². The molecule has 0 aromatic carbocycles. The highest BCUT2D eigenvalue weighted by molar-refractivity contribution is 14.1. The number of hydrogen-bond acceptors (Lipinski definition) is 2. The van der Waals surface area contributed by atoms with Gasteiger partial charge in [-0.05, 0) is 39.5 Å². The molecule has 0 amide bonds.